The zero-order chi connectivity index (χ0) is 9.52. The molecule has 1 heterocycles. The van der Waals surface area contributed by atoms with E-state index in [-0.39, 0.29) is 0 Å². The highest BCUT2D eigenvalue weighted by atomic mass is 15.2. The lowest BCUT2D eigenvalue weighted by molar-refractivity contribution is 0.238. The number of nitrogens with zero attached hydrogens (tertiary/aromatic N) is 3. The lowest BCUT2D eigenvalue weighted by atomic mass is 10.3. The smallest absolute Gasteiger partial charge is 0.314 e. The number of hydrogen-bond acceptors (Lipinski definition) is 2. The van der Waals surface area contributed by atoms with Gasteiger partial charge in [-0.3, -0.25) is 0 Å². The monoisotopic (exact) mass is 178 g/mol. The Hall–Kier alpha value is -1.10. The molecule has 1 aliphatic rings. The van der Waals surface area contributed by atoms with Crippen LogP contribution in [-0.4, -0.2) is 43.8 Å². The second-order valence-electron chi connectivity index (χ2n) is 3.12. The van der Waals surface area contributed by atoms with Gasteiger partial charge in [-0.15, -0.1) is 0 Å². The third-order valence-electron chi connectivity index (χ3n) is 2.21. The van der Waals surface area contributed by atoms with Gasteiger partial charge in [-0.25, -0.2) is 22.8 Å². The van der Waals surface area contributed by atoms with Crippen LogP contribution in [0.4, 0.5) is 0 Å². The Morgan fingerprint density at radius 2 is 1.85 bits per heavy atom. The van der Waals surface area contributed by atoms with Crippen LogP contribution in [0.15, 0.2) is 0 Å². The molecule has 1 aliphatic heterocycles. The van der Waals surface area contributed by atoms with Crippen molar-refractivity contribution in [3.8, 4) is 0 Å². The molecule has 1 rings (SSSR count). The molecule has 0 aromatic rings. The van der Waals surface area contributed by atoms with E-state index in [0.717, 1.165) is 32.7 Å². The Morgan fingerprint density at radius 3 is 2.38 bits per heavy atom. The third-order valence-corrected chi connectivity index (χ3v) is 2.21. The summed E-state index contributed by atoms with van der Waals surface area (Å²) in [6.45, 7) is 18.5. The van der Waals surface area contributed by atoms with Crippen LogP contribution in [0.25, 0.3) is 9.69 Å². The van der Waals surface area contributed by atoms with E-state index in [9.17, 15) is 0 Å². The van der Waals surface area contributed by atoms with Crippen molar-refractivity contribution >= 4 is 0 Å². The van der Waals surface area contributed by atoms with Gasteiger partial charge in [0.15, 0.2) is 0 Å². The summed E-state index contributed by atoms with van der Waals surface area (Å²) in [4.78, 5) is 8.79. The van der Waals surface area contributed by atoms with E-state index in [2.05, 4.69) is 19.9 Å². The largest absolute Gasteiger partial charge is 0.475 e. The van der Waals surface area contributed by atoms with E-state index in [1.165, 1.54) is 0 Å². The average molecular weight is 178 g/mol. The van der Waals surface area contributed by atoms with Gasteiger partial charge in [0.25, 0.3) is 0 Å². The van der Waals surface area contributed by atoms with Crippen molar-refractivity contribution in [1.29, 1.82) is 0 Å². The molecule has 0 atom stereocenters. The summed E-state index contributed by atoms with van der Waals surface area (Å²) in [5.41, 5.74) is 0. The Balaban J connectivity index is 2.18. The average Bonchev–Trinajstić information content (AvgIpc) is 2.21. The summed E-state index contributed by atoms with van der Waals surface area (Å²) in [5.74, 6) is 0. The molecule has 4 nitrogen and oxygen atoms in total. The fraction of sp³-hybridized carbons (Fsp3) is 0.778. The second kappa shape index (κ2) is 5.53. The van der Waals surface area contributed by atoms with Gasteiger partial charge in [-0.1, -0.05) is 0 Å². The number of rotatable bonds is 3. The first-order valence-corrected chi connectivity index (χ1v) is 4.53. The molecule has 0 unspecified atom stereocenters. The van der Waals surface area contributed by atoms with Crippen molar-refractivity contribution in [3.05, 3.63) is 22.8 Å². The van der Waals surface area contributed by atoms with Crippen LogP contribution < -0.4 is 5.32 Å². The molecule has 0 saturated carbocycles. The molecule has 0 aliphatic carbocycles. The summed E-state index contributed by atoms with van der Waals surface area (Å²) in [6, 6.07) is 0. The van der Waals surface area contributed by atoms with Gasteiger partial charge in [0.2, 0.25) is 0 Å². The predicted molar refractivity (Wildman–Crippen MR) is 50.9 cm³/mol. The van der Waals surface area contributed by atoms with Crippen molar-refractivity contribution in [3.63, 3.8) is 0 Å². The molecule has 0 aromatic heterocycles. The maximum Gasteiger partial charge on any atom is 0.475 e. The van der Waals surface area contributed by atoms with Crippen LogP contribution in [0.3, 0.4) is 0 Å². The summed E-state index contributed by atoms with van der Waals surface area (Å²) in [6.07, 6.45) is 0.224. The molecule has 70 valence electrons. The maximum absolute atomic E-state index is 6.76. The van der Waals surface area contributed by atoms with Crippen LogP contribution in [0, 0.1) is 13.1 Å². The molecule has 0 aromatic carbocycles. The lowest BCUT2D eigenvalue weighted by Crippen LogP contribution is -2.44. The topological polar surface area (TPSA) is 24.0 Å². The van der Waals surface area contributed by atoms with Crippen molar-refractivity contribution < 1.29 is 0 Å². The molecular weight excluding hydrogens is 164 g/mol. The van der Waals surface area contributed by atoms with Crippen LogP contribution in [0.5, 0.6) is 0 Å². The summed E-state index contributed by atoms with van der Waals surface area (Å²) >= 11 is 0. The molecule has 1 fully saturated rings. The van der Waals surface area contributed by atoms with Crippen molar-refractivity contribution in [1.82, 2.24) is 10.2 Å². The van der Waals surface area contributed by atoms with E-state index < -0.39 is 6.17 Å². The van der Waals surface area contributed by atoms with Gasteiger partial charge in [-0.2, -0.15) is 0 Å². The first kappa shape index (κ1) is 9.98. The van der Waals surface area contributed by atoms with E-state index in [4.69, 9.17) is 13.1 Å². The van der Waals surface area contributed by atoms with Gasteiger partial charge in [0, 0.05) is 32.7 Å². The minimum Gasteiger partial charge on any atom is -0.314 e. The predicted octanol–water partition coefficient (Wildman–Crippen LogP) is 0.446. The fourth-order valence-electron chi connectivity index (χ4n) is 1.39. The number of hydrogen-bond donors (Lipinski definition) is 1. The highest BCUT2D eigenvalue weighted by Crippen LogP contribution is 2.02. The fourth-order valence-corrected chi connectivity index (χ4v) is 1.39. The van der Waals surface area contributed by atoms with Crippen LogP contribution >= 0.6 is 0 Å². The molecule has 0 spiro atoms. The zero-order valence-corrected chi connectivity index (χ0v) is 7.66. The van der Waals surface area contributed by atoms with E-state index in [0.29, 0.717) is 6.42 Å². The first-order chi connectivity index (χ1) is 6.36. The Morgan fingerprint density at radius 1 is 1.23 bits per heavy atom. The van der Waals surface area contributed by atoms with Gasteiger partial charge in [-0.05, 0) is 0 Å². The van der Waals surface area contributed by atoms with E-state index in [1.54, 1.807) is 0 Å². The van der Waals surface area contributed by atoms with Gasteiger partial charge in [0.05, 0.1) is 0 Å². The molecule has 0 amide bonds. The van der Waals surface area contributed by atoms with Crippen molar-refractivity contribution in [2.75, 3.05) is 32.7 Å². The van der Waals surface area contributed by atoms with E-state index >= 15 is 0 Å². The highest BCUT2D eigenvalue weighted by Gasteiger charge is 2.18. The summed E-state index contributed by atoms with van der Waals surface area (Å²) < 4.78 is 0. The van der Waals surface area contributed by atoms with Crippen molar-refractivity contribution in [2.45, 2.75) is 12.6 Å². The van der Waals surface area contributed by atoms with Crippen LogP contribution in [0.1, 0.15) is 6.42 Å². The van der Waals surface area contributed by atoms with Gasteiger partial charge >= 0.3 is 6.17 Å². The first-order valence-electron chi connectivity index (χ1n) is 4.53. The SMILES string of the molecule is [C-]#[N+]C(CCN1CCNCC1)[N+]#[C-]. The molecule has 1 saturated heterocycles. The van der Waals surface area contributed by atoms with Gasteiger partial charge in [0.1, 0.15) is 6.42 Å². The standard InChI is InChI=1S/C9H14N4/c1-10-9(11-2)3-6-13-7-4-12-5-8-13/h9,12H,3-8H2. The molecule has 4 heteroatoms. The Bertz CT molecular complexity index is 205. The maximum atomic E-state index is 6.76. The second-order valence-corrected chi connectivity index (χ2v) is 3.12. The normalized spacial score (nSPS) is 18.1. The van der Waals surface area contributed by atoms with Crippen LogP contribution in [0.2, 0.25) is 0 Å². The zero-order valence-electron chi connectivity index (χ0n) is 7.66. The molecular formula is C9H14N4. The minimum atomic E-state index is -0.463. The Kier molecular flexibility index (Phi) is 4.25. The Labute approximate surface area is 79.2 Å². The summed E-state index contributed by atoms with van der Waals surface area (Å²) in [5, 5.41) is 3.27. The number of piperazine rings is 1. The highest BCUT2D eigenvalue weighted by molar-refractivity contribution is 4.87. The minimum absolute atomic E-state index is 0.463. The molecule has 0 bridgehead atoms. The molecule has 13 heavy (non-hydrogen) atoms. The summed E-state index contributed by atoms with van der Waals surface area (Å²) in [7, 11) is 0. The quantitative estimate of drug-likeness (QED) is 0.634. The van der Waals surface area contributed by atoms with Crippen molar-refractivity contribution in [2.24, 2.45) is 0 Å². The third kappa shape index (κ3) is 3.42. The molecule has 0 radical (unpaired) electrons. The van der Waals surface area contributed by atoms with Gasteiger partial charge < -0.3 is 10.2 Å². The van der Waals surface area contributed by atoms with Crippen LogP contribution in [-0.2, 0) is 0 Å². The molecule has 1 N–H and O–H groups in total. The lowest BCUT2D eigenvalue weighted by Gasteiger charge is -2.26. The number of nitrogens with one attached hydrogen (secondary N) is 1. The van der Waals surface area contributed by atoms with E-state index in [1.807, 2.05) is 0 Å².